The SMILES string of the molecule is CC(CN(C)C)C(=O)OCc1ccccc1. The van der Waals surface area contributed by atoms with Gasteiger partial charge in [-0.15, -0.1) is 0 Å². The quantitative estimate of drug-likeness (QED) is 0.711. The highest BCUT2D eigenvalue weighted by atomic mass is 16.5. The fourth-order valence-corrected chi connectivity index (χ4v) is 1.49. The summed E-state index contributed by atoms with van der Waals surface area (Å²) in [4.78, 5) is 13.6. The molecule has 88 valence electrons. The number of rotatable bonds is 5. The summed E-state index contributed by atoms with van der Waals surface area (Å²) in [6, 6.07) is 9.71. The summed E-state index contributed by atoms with van der Waals surface area (Å²) >= 11 is 0. The van der Waals surface area contributed by atoms with E-state index in [1.165, 1.54) is 0 Å². The standard InChI is InChI=1S/C13H19NO2/c1-11(9-14(2)3)13(15)16-10-12-7-5-4-6-8-12/h4-8,11H,9-10H2,1-3H3. The molecule has 0 amide bonds. The van der Waals surface area contributed by atoms with Gasteiger partial charge in [-0.3, -0.25) is 4.79 Å². The molecule has 0 heterocycles. The Hall–Kier alpha value is -1.35. The summed E-state index contributed by atoms with van der Waals surface area (Å²) in [5, 5.41) is 0. The monoisotopic (exact) mass is 221 g/mol. The minimum absolute atomic E-state index is 0.0845. The van der Waals surface area contributed by atoms with E-state index < -0.39 is 0 Å². The lowest BCUT2D eigenvalue weighted by molar-refractivity contribution is -0.149. The first-order valence-corrected chi connectivity index (χ1v) is 5.45. The van der Waals surface area contributed by atoms with Crippen molar-refractivity contribution in [1.82, 2.24) is 4.90 Å². The molecule has 3 heteroatoms. The van der Waals surface area contributed by atoms with Gasteiger partial charge >= 0.3 is 5.97 Å². The highest BCUT2D eigenvalue weighted by molar-refractivity contribution is 5.72. The maximum absolute atomic E-state index is 11.6. The van der Waals surface area contributed by atoms with Crippen molar-refractivity contribution in [3.63, 3.8) is 0 Å². The normalized spacial score (nSPS) is 12.5. The average molecular weight is 221 g/mol. The zero-order valence-corrected chi connectivity index (χ0v) is 10.1. The first-order valence-electron chi connectivity index (χ1n) is 5.45. The van der Waals surface area contributed by atoms with E-state index in [9.17, 15) is 4.79 Å². The van der Waals surface area contributed by atoms with Crippen LogP contribution in [-0.2, 0) is 16.1 Å². The molecule has 0 saturated heterocycles. The van der Waals surface area contributed by atoms with Gasteiger partial charge in [-0.2, -0.15) is 0 Å². The van der Waals surface area contributed by atoms with Crippen molar-refractivity contribution >= 4 is 5.97 Å². The topological polar surface area (TPSA) is 29.5 Å². The van der Waals surface area contributed by atoms with Crippen molar-refractivity contribution in [3.05, 3.63) is 35.9 Å². The van der Waals surface area contributed by atoms with Crippen molar-refractivity contribution in [1.29, 1.82) is 0 Å². The predicted octanol–water partition coefficient (Wildman–Crippen LogP) is 1.93. The molecule has 0 bridgehead atoms. The van der Waals surface area contributed by atoms with Gasteiger partial charge in [0.25, 0.3) is 0 Å². The van der Waals surface area contributed by atoms with Crippen LogP contribution in [0.15, 0.2) is 30.3 Å². The van der Waals surface area contributed by atoms with Crippen molar-refractivity contribution in [2.45, 2.75) is 13.5 Å². The molecular weight excluding hydrogens is 202 g/mol. The summed E-state index contributed by atoms with van der Waals surface area (Å²) in [6.45, 7) is 2.96. The fraction of sp³-hybridized carbons (Fsp3) is 0.462. The molecule has 1 unspecified atom stereocenters. The van der Waals surface area contributed by atoms with Gasteiger partial charge < -0.3 is 9.64 Å². The first-order chi connectivity index (χ1) is 7.59. The third-order valence-electron chi connectivity index (χ3n) is 2.27. The van der Waals surface area contributed by atoms with Crippen molar-refractivity contribution in [3.8, 4) is 0 Å². The summed E-state index contributed by atoms with van der Waals surface area (Å²) in [5.74, 6) is -0.226. The van der Waals surface area contributed by atoms with Crippen molar-refractivity contribution in [2.24, 2.45) is 5.92 Å². The Labute approximate surface area is 97.0 Å². The van der Waals surface area contributed by atoms with Gasteiger partial charge in [-0.05, 0) is 19.7 Å². The van der Waals surface area contributed by atoms with E-state index >= 15 is 0 Å². The molecule has 0 aliphatic rings. The highest BCUT2D eigenvalue weighted by Gasteiger charge is 2.14. The number of hydrogen-bond acceptors (Lipinski definition) is 3. The molecule has 1 aromatic rings. The number of hydrogen-bond donors (Lipinski definition) is 0. The second-order valence-electron chi connectivity index (χ2n) is 4.26. The van der Waals surface area contributed by atoms with Crippen LogP contribution >= 0.6 is 0 Å². The minimum atomic E-state index is -0.141. The third-order valence-corrected chi connectivity index (χ3v) is 2.27. The van der Waals surface area contributed by atoms with Crippen LogP contribution in [0.3, 0.4) is 0 Å². The molecular formula is C13H19NO2. The maximum Gasteiger partial charge on any atom is 0.310 e. The lowest BCUT2D eigenvalue weighted by Gasteiger charge is -2.15. The van der Waals surface area contributed by atoms with E-state index in [1.54, 1.807) is 0 Å². The van der Waals surface area contributed by atoms with E-state index in [4.69, 9.17) is 4.74 Å². The zero-order valence-electron chi connectivity index (χ0n) is 10.1. The molecule has 0 saturated carbocycles. The number of nitrogens with zero attached hydrogens (tertiary/aromatic N) is 1. The largest absolute Gasteiger partial charge is 0.461 e. The van der Waals surface area contributed by atoms with Gasteiger partial charge in [0.2, 0.25) is 0 Å². The molecule has 1 rings (SSSR count). The van der Waals surface area contributed by atoms with Crippen molar-refractivity contribution < 1.29 is 9.53 Å². The lowest BCUT2D eigenvalue weighted by atomic mass is 10.2. The summed E-state index contributed by atoms with van der Waals surface area (Å²) in [6.07, 6.45) is 0. The molecule has 0 N–H and O–H groups in total. The molecule has 0 aromatic heterocycles. The Morgan fingerprint density at radius 3 is 2.50 bits per heavy atom. The minimum Gasteiger partial charge on any atom is -0.461 e. The molecule has 0 fully saturated rings. The van der Waals surface area contributed by atoms with Gasteiger partial charge in [0.15, 0.2) is 0 Å². The van der Waals surface area contributed by atoms with E-state index in [2.05, 4.69) is 0 Å². The van der Waals surface area contributed by atoms with Crippen LogP contribution in [0.25, 0.3) is 0 Å². The van der Waals surface area contributed by atoms with E-state index in [0.717, 1.165) is 5.56 Å². The Kier molecular flexibility index (Phi) is 4.99. The maximum atomic E-state index is 11.6. The number of carbonyl (C=O) groups excluding carboxylic acids is 1. The van der Waals surface area contributed by atoms with Crippen LogP contribution in [0.4, 0.5) is 0 Å². The van der Waals surface area contributed by atoms with Crippen LogP contribution in [0.1, 0.15) is 12.5 Å². The highest BCUT2D eigenvalue weighted by Crippen LogP contribution is 2.05. The molecule has 16 heavy (non-hydrogen) atoms. The predicted molar refractivity (Wildman–Crippen MR) is 64.0 cm³/mol. The van der Waals surface area contributed by atoms with Crippen LogP contribution in [0.2, 0.25) is 0 Å². The average Bonchev–Trinajstić information content (AvgIpc) is 2.26. The van der Waals surface area contributed by atoms with Crippen LogP contribution < -0.4 is 0 Å². The van der Waals surface area contributed by atoms with Crippen LogP contribution in [0, 0.1) is 5.92 Å². The third kappa shape index (κ3) is 4.45. The molecule has 3 nitrogen and oxygen atoms in total. The Morgan fingerprint density at radius 2 is 1.94 bits per heavy atom. The Bertz CT molecular complexity index is 322. The Morgan fingerprint density at radius 1 is 1.31 bits per heavy atom. The van der Waals surface area contributed by atoms with E-state index in [0.29, 0.717) is 13.2 Å². The second kappa shape index (κ2) is 6.28. The molecule has 1 aromatic carbocycles. The van der Waals surface area contributed by atoms with E-state index in [-0.39, 0.29) is 11.9 Å². The van der Waals surface area contributed by atoms with Crippen LogP contribution in [-0.4, -0.2) is 31.5 Å². The number of esters is 1. The Balaban J connectivity index is 2.35. The lowest BCUT2D eigenvalue weighted by Crippen LogP contribution is -2.27. The van der Waals surface area contributed by atoms with Crippen molar-refractivity contribution in [2.75, 3.05) is 20.6 Å². The fourth-order valence-electron chi connectivity index (χ4n) is 1.49. The summed E-state index contributed by atoms with van der Waals surface area (Å²) in [5.41, 5.74) is 1.02. The smallest absolute Gasteiger partial charge is 0.310 e. The molecule has 1 atom stereocenters. The summed E-state index contributed by atoms with van der Waals surface area (Å²) < 4.78 is 5.23. The van der Waals surface area contributed by atoms with Crippen LogP contribution in [0.5, 0.6) is 0 Å². The van der Waals surface area contributed by atoms with Gasteiger partial charge in [-0.25, -0.2) is 0 Å². The molecule has 0 aliphatic heterocycles. The summed E-state index contributed by atoms with van der Waals surface area (Å²) in [7, 11) is 3.89. The number of benzene rings is 1. The van der Waals surface area contributed by atoms with Gasteiger partial charge in [0, 0.05) is 6.54 Å². The first kappa shape index (κ1) is 12.7. The zero-order chi connectivity index (χ0) is 12.0. The number of ether oxygens (including phenoxy) is 1. The molecule has 0 aliphatic carbocycles. The second-order valence-corrected chi connectivity index (χ2v) is 4.26. The van der Waals surface area contributed by atoms with Gasteiger partial charge in [0.1, 0.15) is 6.61 Å². The molecule has 0 spiro atoms. The van der Waals surface area contributed by atoms with Gasteiger partial charge in [-0.1, -0.05) is 37.3 Å². The molecule has 0 radical (unpaired) electrons. The van der Waals surface area contributed by atoms with Gasteiger partial charge in [0.05, 0.1) is 5.92 Å². The number of carbonyl (C=O) groups is 1. The van der Waals surface area contributed by atoms with E-state index in [1.807, 2.05) is 56.3 Å².